The van der Waals surface area contributed by atoms with E-state index >= 15 is 0 Å². The maximum atomic E-state index is 13.5. The van der Waals surface area contributed by atoms with Crippen LogP contribution in [0.25, 0.3) is 22.1 Å². The number of likely N-dealkylation sites (tertiary alicyclic amines) is 1. The fourth-order valence-electron chi connectivity index (χ4n) is 13.4. The molecular weight excluding hydrogens is 1000 g/mol. The van der Waals surface area contributed by atoms with E-state index in [1.807, 2.05) is 56.3 Å². The van der Waals surface area contributed by atoms with Crippen LogP contribution in [-0.2, 0) is 4.74 Å². The predicted octanol–water partition coefficient (Wildman–Crippen LogP) is 8.85. The van der Waals surface area contributed by atoms with Crippen molar-refractivity contribution in [2.75, 3.05) is 72.8 Å². The Balaban J connectivity index is 0.000000170. The zero-order valence-corrected chi connectivity index (χ0v) is 46.7. The van der Waals surface area contributed by atoms with Crippen LogP contribution < -0.4 is 36.9 Å². The number of anilines is 6. The van der Waals surface area contributed by atoms with Gasteiger partial charge in [-0.3, -0.25) is 28.3 Å². The minimum absolute atomic E-state index is 0.0223. The summed E-state index contributed by atoms with van der Waals surface area (Å²) in [6.07, 6.45) is 17.2. The summed E-state index contributed by atoms with van der Waals surface area (Å²) in [4.78, 5) is 98.7. The van der Waals surface area contributed by atoms with Crippen molar-refractivity contribution in [1.29, 1.82) is 0 Å². The molecule has 4 bridgehead atoms. The van der Waals surface area contributed by atoms with Gasteiger partial charge in [0.25, 0.3) is 11.1 Å². The number of fused-ring (bicyclic) bond motifs is 6. The number of Topliss-reactive ketones (excluding diaryl/α,β-unsaturated/α-hetero) is 2. The molecule has 0 aromatic carbocycles. The molecule has 1 amide bonds. The molecule has 0 radical (unpaired) electrons. The average Bonchev–Trinajstić information content (AvgIpc) is 4.21. The van der Waals surface area contributed by atoms with Crippen LogP contribution >= 0.6 is 0 Å². The van der Waals surface area contributed by atoms with Crippen molar-refractivity contribution in [3.05, 3.63) is 92.0 Å². The van der Waals surface area contributed by atoms with Gasteiger partial charge in [-0.1, -0.05) is 25.7 Å². The van der Waals surface area contributed by atoms with Crippen LogP contribution in [0.5, 0.6) is 0 Å². The van der Waals surface area contributed by atoms with E-state index in [1.54, 1.807) is 35.4 Å². The first-order valence-corrected chi connectivity index (χ1v) is 28.4. The second kappa shape index (κ2) is 22.1. The first kappa shape index (κ1) is 53.6. The number of rotatable bonds is 10. The van der Waals surface area contributed by atoms with Crippen molar-refractivity contribution in [3.63, 3.8) is 0 Å². The molecule has 3 N–H and O–H groups in total. The lowest BCUT2D eigenvalue weighted by Crippen LogP contribution is -2.55. The molecule has 79 heavy (non-hydrogen) atoms. The Morgan fingerprint density at radius 3 is 1.39 bits per heavy atom. The third-order valence-electron chi connectivity index (χ3n) is 16.9. The Kier molecular flexibility index (Phi) is 15.0. The number of carbonyl (C=O) groups is 3. The van der Waals surface area contributed by atoms with E-state index in [0.29, 0.717) is 88.1 Å². The van der Waals surface area contributed by atoms with Gasteiger partial charge in [-0.2, -0.15) is 9.97 Å². The van der Waals surface area contributed by atoms with E-state index in [2.05, 4.69) is 51.8 Å². The standard InChI is InChI=1S/C32H41N7O4.C27H33N7O2/c1-19-25-14-34-30(36-28(25)39(23-8-6-7-9-23)29(41)27(19)20(2)40)35-26-11-10-24(13-33-26)37-15-21-12-22(16-37)18-38(17-21)31(42)43-32(3,4)5;1-16-22-13-30-27(32-25(22)34(20-5-3-4-6-20)26(36)24(16)17(2)35)31-23-8-7-21(12-29-23)33-14-18-9-19(15-33)11-28-10-18/h10-11,13-14,21-23H,6-9,12,15-18H2,1-5H3,(H,33,34,35,36);7-8,12-13,18-20,28H,3-6,9-11,14-15H2,1-2H3,(H,29,30,31,32). The summed E-state index contributed by atoms with van der Waals surface area (Å²) >= 11 is 0. The maximum Gasteiger partial charge on any atom is 0.410 e. The number of ketones is 2. The number of amides is 1. The van der Waals surface area contributed by atoms with Crippen molar-refractivity contribution >= 4 is 74.6 Å². The monoisotopic (exact) mass is 1070 g/mol. The van der Waals surface area contributed by atoms with Gasteiger partial charge in [-0.05, 0) is 159 Å². The highest BCUT2D eigenvalue weighted by Gasteiger charge is 2.38. The van der Waals surface area contributed by atoms with E-state index in [4.69, 9.17) is 14.7 Å². The Morgan fingerprint density at radius 2 is 1.00 bits per heavy atom. The van der Waals surface area contributed by atoms with Crippen molar-refractivity contribution in [2.24, 2.45) is 23.7 Å². The minimum Gasteiger partial charge on any atom is -0.444 e. The first-order chi connectivity index (χ1) is 37.9. The number of hydrogen-bond donors (Lipinski definition) is 3. The first-order valence-electron chi connectivity index (χ1n) is 28.4. The second-order valence-electron chi connectivity index (χ2n) is 24.0. The zero-order valence-electron chi connectivity index (χ0n) is 46.7. The van der Waals surface area contributed by atoms with E-state index in [9.17, 15) is 24.0 Å². The summed E-state index contributed by atoms with van der Waals surface area (Å²) in [6, 6.07) is 8.09. The van der Waals surface area contributed by atoms with Gasteiger partial charge < -0.3 is 35.4 Å². The minimum atomic E-state index is -0.497. The topological polar surface area (TPSA) is 228 Å². The van der Waals surface area contributed by atoms with Gasteiger partial charge in [0, 0.05) is 74.5 Å². The number of piperidine rings is 4. The summed E-state index contributed by atoms with van der Waals surface area (Å²) in [6.45, 7) is 19.6. The molecule has 4 aliphatic heterocycles. The van der Waals surface area contributed by atoms with E-state index in [1.165, 1.54) is 20.3 Å². The molecule has 4 atom stereocenters. The molecule has 4 saturated heterocycles. The van der Waals surface area contributed by atoms with E-state index in [-0.39, 0.29) is 52.0 Å². The Morgan fingerprint density at radius 1 is 0.582 bits per heavy atom. The molecule has 416 valence electrons. The summed E-state index contributed by atoms with van der Waals surface area (Å²) in [5.74, 6) is 3.71. The molecule has 6 aromatic heterocycles. The quantitative estimate of drug-likeness (QED) is 0.109. The summed E-state index contributed by atoms with van der Waals surface area (Å²) in [5, 5.41) is 11.4. The van der Waals surface area contributed by atoms with E-state index < -0.39 is 5.60 Å². The van der Waals surface area contributed by atoms with Gasteiger partial charge in [0.2, 0.25) is 11.9 Å². The van der Waals surface area contributed by atoms with Gasteiger partial charge in [-0.15, -0.1) is 0 Å². The Hall–Kier alpha value is -7.35. The molecule has 6 fully saturated rings. The SMILES string of the molecule is CC(=O)c1c(C)c2cnc(Nc3ccc(N4CC5CC(CN(C(=O)OC(C)(C)C)C5)C4)cn3)nc2n(C2CCCC2)c1=O.CC(=O)c1c(C)c2cnc(Nc3ccc(N4CC5CNCC(C5)C4)cn3)nc2n(C2CCCC2)c1=O. The maximum absolute atomic E-state index is 13.5. The van der Waals surface area contributed by atoms with Gasteiger partial charge >= 0.3 is 6.09 Å². The molecule has 10 heterocycles. The van der Waals surface area contributed by atoms with Crippen LogP contribution in [0, 0.1) is 37.5 Å². The number of hydrogen-bond acceptors (Lipinski definition) is 17. The zero-order chi connectivity index (χ0) is 55.3. The van der Waals surface area contributed by atoms with Crippen LogP contribution in [0.2, 0.25) is 0 Å². The highest BCUT2D eigenvalue weighted by atomic mass is 16.6. The van der Waals surface area contributed by atoms with Gasteiger partial charge in [0.05, 0.1) is 34.9 Å². The molecule has 20 heteroatoms. The molecule has 12 rings (SSSR count). The van der Waals surface area contributed by atoms with E-state index in [0.717, 1.165) is 114 Å². The number of nitrogens with one attached hydrogen (secondary N) is 3. The molecule has 2 saturated carbocycles. The van der Waals surface area contributed by atoms with Crippen LogP contribution in [0.15, 0.2) is 58.6 Å². The average molecular weight is 1080 g/mol. The number of aromatic nitrogens is 8. The van der Waals surface area contributed by atoms with Crippen LogP contribution in [0.3, 0.4) is 0 Å². The van der Waals surface area contributed by atoms with Gasteiger partial charge in [-0.25, -0.2) is 24.7 Å². The Labute approximate surface area is 460 Å². The van der Waals surface area contributed by atoms with Gasteiger partial charge in [0.15, 0.2) is 11.6 Å². The highest BCUT2D eigenvalue weighted by Crippen LogP contribution is 2.36. The molecule has 2 aliphatic carbocycles. The second-order valence-corrected chi connectivity index (χ2v) is 24.0. The lowest BCUT2D eigenvalue weighted by atomic mass is 9.84. The normalized spacial score (nSPS) is 21.5. The van der Waals surface area contributed by atoms with Crippen LogP contribution in [-0.4, -0.2) is 120 Å². The Bertz CT molecular complexity index is 3390. The molecule has 6 aromatic rings. The molecular formula is C59H74N14O6. The predicted molar refractivity (Wildman–Crippen MR) is 305 cm³/mol. The van der Waals surface area contributed by atoms with Crippen molar-refractivity contribution in [1.82, 2.24) is 49.3 Å². The fourth-order valence-corrected chi connectivity index (χ4v) is 13.4. The smallest absolute Gasteiger partial charge is 0.410 e. The number of ether oxygens (including phenoxy) is 1. The van der Waals surface area contributed by atoms with Crippen molar-refractivity contribution < 1.29 is 19.1 Å². The number of carbonyl (C=O) groups excluding carboxylic acids is 3. The number of nitrogens with zero attached hydrogens (tertiary/aromatic N) is 11. The van der Waals surface area contributed by atoms with Crippen molar-refractivity contribution in [3.8, 4) is 0 Å². The summed E-state index contributed by atoms with van der Waals surface area (Å²) in [7, 11) is 0. The lowest BCUT2D eigenvalue weighted by molar-refractivity contribution is 0.00759. The molecule has 6 aliphatic rings. The summed E-state index contributed by atoms with van der Waals surface area (Å²) in [5.41, 5.74) is 4.03. The lowest BCUT2D eigenvalue weighted by Gasteiger charge is -2.46. The number of pyridine rings is 4. The number of aryl methyl sites for hydroxylation is 2. The molecule has 4 unspecified atom stereocenters. The fraction of sp³-hybridized carbons (Fsp3) is 0.542. The largest absolute Gasteiger partial charge is 0.444 e. The van der Waals surface area contributed by atoms with Crippen LogP contribution in [0.4, 0.5) is 39.7 Å². The highest BCUT2D eigenvalue weighted by molar-refractivity contribution is 6.00. The summed E-state index contributed by atoms with van der Waals surface area (Å²) < 4.78 is 9.06. The molecule has 0 spiro atoms. The molecule has 20 nitrogen and oxygen atoms in total. The van der Waals surface area contributed by atoms with Crippen molar-refractivity contribution in [2.45, 2.75) is 130 Å². The van der Waals surface area contributed by atoms with Gasteiger partial charge in [0.1, 0.15) is 28.5 Å². The van der Waals surface area contributed by atoms with Crippen LogP contribution in [0.1, 0.15) is 143 Å². The third-order valence-corrected chi connectivity index (χ3v) is 16.9. The third kappa shape index (κ3) is 11.3.